The molecule has 0 fully saturated rings. The Kier molecular flexibility index (Phi) is 5.10. The third-order valence-electron chi connectivity index (χ3n) is 2.98. The fourth-order valence-corrected chi connectivity index (χ4v) is 1.73. The molecule has 1 amide bonds. The average Bonchev–Trinajstić information content (AvgIpc) is 2.88. The molecule has 2 aromatic rings. The summed E-state index contributed by atoms with van der Waals surface area (Å²) in [4.78, 5) is 16.3. The van der Waals surface area contributed by atoms with Gasteiger partial charge in [-0.2, -0.15) is 0 Å². The van der Waals surface area contributed by atoms with E-state index in [1.165, 1.54) is 0 Å². The van der Waals surface area contributed by atoms with Gasteiger partial charge in [-0.3, -0.25) is 4.79 Å². The summed E-state index contributed by atoms with van der Waals surface area (Å²) in [5, 5.41) is 0.723. The van der Waals surface area contributed by atoms with Crippen LogP contribution in [-0.2, 0) is 0 Å². The lowest BCUT2D eigenvalue weighted by atomic mass is 10.2. The van der Waals surface area contributed by atoms with Crippen molar-refractivity contribution in [1.29, 1.82) is 0 Å². The summed E-state index contributed by atoms with van der Waals surface area (Å²) in [7, 11) is 1.72. The Bertz CT molecular complexity index is 575. The molecule has 104 valence electrons. The van der Waals surface area contributed by atoms with Gasteiger partial charge in [-0.15, -0.1) is 0 Å². The van der Waals surface area contributed by atoms with Gasteiger partial charge in [0.1, 0.15) is 11.5 Å². The molecule has 1 heterocycles. The molecular formula is C15H21FN2O. The quantitative estimate of drug-likeness (QED) is 0.881. The highest BCUT2D eigenvalue weighted by Gasteiger charge is 2.15. The van der Waals surface area contributed by atoms with Crippen molar-refractivity contribution < 1.29 is 9.18 Å². The molecule has 1 N–H and O–H groups in total. The van der Waals surface area contributed by atoms with E-state index >= 15 is 0 Å². The zero-order chi connectivity index (χ0) is 14.6. The van der Waals surface area contributed by atoms with Gasteiger partial charge >= 0.3 is 0 Å². The molecule has 4 heteroatoms. The second-order valence-corrected chi connectivity index (χ2v) is 4.16. The smallest absolute Gasteiger partial charge is 0.270 e. The van der Waals surface area contributed by atoms with Crippen LogP contribution in [0.4, 0.5) is 4.39 Å². The Morgan fingerprint density at radius 3 is 2.58 bits per heavy atom. The molecule has 0 spiro atoms. The van der Waals surface area contributed by atoms with Crippen LogP contribution in [0.3, 0.4) is 0 Å². The Balaban J connectivity index is 0.000000861. The number of hydrogen-bond donors (Lipinski definition) is 1. The molecule has 2 rings (SSSR count). The van der Waals surface area contributed by atoms with Gasteiger partial charge in [-0.1, -0.05) is 26.0 Å². The number of benzene rings is 1. The molecule has 0 aliphatic carbocycles. The highest BCUT2D eigenvalue weighted by Crippen LogP contribution is 2.21. The monoisotopic (exact) mass is 264 g/mol. The lowest BCUT2D eigenvalue weighted by Crippen LogP contribution is -2.26. The van der Waals surface area contributed by atoms with Crippen molar-refractivity contribution in [3.63, 3.8) is 0 Å². The molecule has 0 saturated carbocycles. The fraction of sp³-hybridized carbons (Fsp3) is 0.400. The summed E-state index contributed by atoms with van der Waals surface area (Å²) in [5.74, 6) is -0.415. The highest BCUT2D eigenvalue weighted by atomic mass is 19.1. The van der Waals surface area contributed by atoms with Crippen LogP contribution in [0.5, 0.6) is 0 Å². The number of rotatable bonds is 2. The Morgan fingerprint density at radius 1 is 1.37 bits per heavy atom. The molecule has 0 bridgehead atoms. The van der Waals surface area contributed by atoms with Gasteiger partial charge in [0.05, 0.1) is 5.52 Å². The van der Waals surface area contributed by atoms with Crippen LogP contribution in [0.25, 0.3) is 10.9 Å². The predicted molar refractivity (Wildman–Crippen MR) is 77.0 cm³/mol. The average molecular weight is 264 g/mol. The van der Waals surface area contributed by atoms with E-state index in [0.29, 0.717) is 23.3 Å². The lowest BCUT2D eigenvalue weighted by molar-refractivity contribution is 0.0797. The van der Waals surface area contributed by atoms with E-state index in [4.69, 9.17) is 0 Å². The van der Waals surface area contributed by atoms with Gasteiger partial charge < -0.3 is 9.88 Å². The molecule has 0 aliphatic heterocycles. The summed E-state index contributed by atoms with van der Waals surface area (Å²) in [6.45, 7) is 8.22. The number of aromatic amines is 1. The predicted octanol–water partition coefficient (Wildman–Crippen LogP) is 3.73. The highest BCUT2D eigenvalue weighted by molar-refractivity contribution is 5.98. The summed E-state index contributed by atoms with van der Waals surface area (Å²) in [6, 6.07) is 5.21. The van der Waals surface area contributed by atoms with E-state index in [2.05, 4.69) is 4.98 Å². The van der Waals surface area contributed by atoms with E-state index in [-0.39, 0.29) is 11.7 Å². The molecule has 0 aliphatic rings. The number of carbonyl (C=O) groups excluding carboxylic acids is 1. The number of carbonyl (C=O) groups is 1. The minimum Gasteiger partial charge on any atom is -0.348 e. The number of nitrogens with one attached hydrogen (secondary N) is 1. The van der Waals surface area contributed by atoms with Crippen molar-refractivity contribution >= 4 is 16.8 Å². The van der Waals surface area contributed by atoms with Crippen molar-refractivity contribution in [2.24, 2.45) is 0 Å². The normalized spacial score (nSPS) is 10.0. The van der Waals surface area contributed by atoms with Crippen molar-refractivity contribution in [1.82, 2.24) is 9.88 Å². The van der Waals surface area contributed by atoms with E-state index < -0.39 is 0 Å². The van der Waals surface area contributed by atoms with Crippen LogP contribution in [0.15, 0.2) is 18.2 Å². The first-order valence-electron chi connectivity index (χ1n) is 6.58. The number of H-pyrrole nitrogens is 1. The number of fused-ring (bicyclic) bond motifs is 1. The van der Waals surface area contributed by atoms with Crippen LogP contribution in [0.1, 0.15) is 36.8 Å². The maximum atomic E-state index is 13.8. The lowest BCUT2D eigenvalue weighted by Gasteiger charge is -2.12. The van der Waals surface area contributed by atoms with Gasteiger partial charge in [0.15, 0.2) is 0 Å². The number of nitrogens with zero attached hydrogens (tertiary/aromatic N) is 1. The third-order valence-corrected chi connectivity index (χ3v) is 2.98. The fourth-order valence-electron chi connectivity index (χ4n) is 1.73. The van der Waals surface area contributed by atoms with Gasteiger partial charge in [-0.25, -0.2) is 4.39 Å². The van der Waals surface area contributed by atoms with Crippen LogP contribution < -0.4 is 0 Å². The van der Waals surface area contributed by atoms with Gasteiger partial charge in [0.25, 0.3) is 5.91 Å². The number of aromatic nitrogens is 1. The van der Waals surface area contributed by atoms with Crippen LogP contribution in [0.2, 0.25) is 0 Å². The minimum atomic E-state index is -0.291. The van der Waals surface area contributed by atoms with Crippen molar-refractivity contribution in [3.05, 3.63) is 35.3 Å². The molecular weight excluding hydrogens is 243 g/mol. The summed E-state index contributed by atoms with van der Waals surface area (Å²) in [5.41, 5.74) is 1.40. The Labute approximate surface area is 113 Å². The number of hydrogen-bond acceptors (Lipinski definition) is 1. The molecule has 19 heavy (non-hydrogen) atoms. The largest absolute Gasteiger partial charge is 0.348 e. The van der Waals surface area contributed by atoms with Crippen molar-refractivity contribution in [3.8, 4) is 0 Å². The SMILES string of the molecule is CC.CCN(C)C(=O)c1cc2ccc(C)c(F)c2[nH]1. The Hall–Kier alpha value is -1.84. The topological polar surface area (TPSA) is 36.1 Å². The number of aryl methyl sites for hydroxylation is 1. The summed E-state index contributed by atoms with van der Waals surface area (Å²) < 4.78 is 13.8. The molecule has 0 unspecified atom stereocenters. The van der Waals surface area contributed by atoms with Crippen LogP contribution in [0, 0.1) is 12.7 Å². The maximum absolute atomic E-state index is 13.8. The van der Waals surface area contributed by atoms with Crippen molar-refractivity contribution in [2.75, 3.05) is 13.6 Å². The van der Waals surface area contributed by atoms with Gasteiger partial charge in [0.2, 0.25) is 0 Å². The zero-order valence-electron chi connectivity index (χ0n) is 12.2. The van der Waals surface area contributed by atoms with Crippen molar-refractivity contribution in [2.45, 2.75) is 27.7 Å². The van der Waals surface area contributed by atoms with E-state index in [0.717, 1.165) is 5.39 Å². The number of amides is 1. The second kappa shape index (κ2) is 6.36. The van der Waals surface area contributed by atoms with E-state index in [1.807, 2.05) is 26.8 Å². The standard InChI is InChI=1S/C13H15FN2O.C2H6/c1-4-16(3)13(17)10-7-9-6-5-8(2)11(14)12(9)15-10;1-2/h5-7,15H,4H2,1-3H3;1-2H3. The van der Waals surface area contributed by atoms with Crippen LogP contribution in [-0.4, -0.2) is 29.4 Å². The molecule has 1 aromatic carbocycles. The zero-order valence-corrected chi connectivity index (χ0v) is 12.2. The first kappa shape index (κ1) is 15.2. The van der Waals surface area contributed by atoms with Crippen LogP contribution >= 0.6 is 0 Å². The maximum Gasteiger partial charge on any atom is 0.270 e. The first-order valence-corrected chi connectivity index (χ1v) is 6.58. The molecule has 3 nitrogen and oxygen atoms in total. The van der Waals surface area contributed by atoms with E-state index in [9.17, 15) is 9.18 Å². The third kappa shape index (κ3) is 2.95. The molecule has 0 saturated heterocycles. The second-order valence-electron chi connectivity index (χ2n) is 4.16. The number of halogens is 1. The van der Waals surface area contributed by atoms with Gasteiger partial charge in [-0.05, 0) is 25.5 Å². The van der Waals surface area contributed by atoms with Gasteiger partial charge in [0, 0.05) is 19.0 Å². The molecule has 1 aromatic heterocycles. The summed E-state index contributed by atoms with van der Waals surface area (Å²) in [6.07, 6.45) is 0. The van der Waals surface area contributed by atoms with E-state index in [1.54, 1.807) is 31.0 Å². The molecule has 0 atom stereocenters. The molecule has 0 radical (unpaired) electrons. The first-order chi connectivity index (χ1) is 9.04. The summed E-state index contributed by atoms with van der Waals surface area (Å²) >= 11 is 0. The Morgan fingerprint density at radius 2 is 2.00 bits per heavy atom. The minimum absolute atomic E-state index is 0.124.